The van der Waals surface area contributed by atoms with Gasteiger partial charge in [-0.2, -0.15) is 0 Å². The first-order chi connectivity index (χ1) is 8.48. The number of pyridine rings is 1. The molecule has 1 atom stereocenters. The van der Waals surface area contributed by atoms with Crippen molar-refractivity contribution < 1.29 is 4.79 Å². The van der Waals surface area contributed by atoms with Gasteiger partial charge in [-0.25, -0.2) is 4.98 Å². The van der Waals surface area contributed by atoms with Gasteiger partial charge in [0, 0.05) is 12.2 Å². The van der Waals surface area contributed by atoms with Crippen molar-refractivity contribution in [2.75, 3.05) is 5.73 Å². The molecular formula is C14H21N3O. The Hall–Kier alpha value is -1.58. The molecule has 1 aliphatic rings. The molecule has 0 radical (unpaired) electrons. The fraction of sp³-hybridized carbons (Fsp3) is 0.571. The van der Waals surface area contributed by atoms with Gasteiger partial charge in [-0.1, -0.05) is 20.3 Å². The highest BCUT2D eigenvalue weighted by atomic mass is 16.1. The van der Waals surface area contributed by atoms with Crippen molar-refractivity contribution in [1.82, 2.24) is 10.3 Å². The molecule has 0 bridgehead atoms. The number of aromatic nitrogens is 1. The van der Waals surface area contributed by atoms with E-state index in [0.717, 1.165) is 19.3 Å². The fourth-order valence-corrected chi connectivity index (χ4v) is 2.68. The van der Waals surface area contributed by atoms with E-state index in [1.54, 1.807) is 18.3 Å². The first-order valence-electron chi connectivity index (χ1n) is 6.49. The fourth-order valence-electron chi connectivity index (χ4n) is 2.68. The van der Waals surface area contributed by atoms with Gasteiger partial charge < -0.3 is 11.1 Å². The standard InChI is InChI=1S/C14H21N3O/c1-14(2)7-3-5-10(9-14)17-13(18)12-11(15)6-4-8-16-12/h4,6,8,10H,3,5,7,9,15H2,1-2H3,(H,17,18). The van der Waals surface area contributed by atoms with Crippen LogP contribution in [0.25, 0.3) is 0 Å². The topological polar surface area (TPSA) is 68.0 Å². The van der Waals surface area contributed by atoms with Crippen LogP contribution in [-0.4, -0.2) is 16.9 Å². The molecule has 1 aromatic heterocycles. The Balaban J connectivity index is 2.02. The second-order valence-electron chi connectivity index (χ2n) is 5.87. The van der Waals surface area contributed by atoms with E-state index in [2.05, 4.69) is 24.1 Å². The van der Waals surface area contributed by atoms with Crippen molar-refractivity contribution >= 4 is 11.6 Å². The summed E-state index contributed by atoms with van der Waals surface area (Å²) >= 11 is 0. The van der Waals surface area contributed by atoms with Crippen LogP contribution in [0.2, 0.25) is 0 Å². The highest BCUT2D eigenvalue weighted by molar-refractivity contribution is 5.97. The number of carbonyl (C=O) groups excluding carboxylic acids is 1. The maximum Gasteiger partial charge on any atom is 0.272 e. The smallest absolute Gasteiger partial charge is 0.272 e. The van der Waals surface area contributed by atoms with E-state index < -0.39 is 0 Å². The third-order valence-corrected chi connectivity index (χ3v) is 3.59. The number of nitrogens with one attached hydrogen (secondary N) is 1. The maximum atomic E-state index is 12.1. The van der Waals surface area contributed by atoms with E-state index in [9.17, 15) is 4.79 Å². The highest BCUT2D eigenvalue weighted by Crippen LogP contribution is 2.35. The molecule has 0 aromatic carbocycles. The summed E-state index contributed by atoms with van der Waals surface area (Å²) in [5.74, 6) is -0.157. The van der Waals surface area contributed by atoms with Crippen LogP contribution < -0.4 is 11.1 Å². The molecule has 4 heteroatoms. The normalized spacial score (nSPS) is 22.4. The molecule has 1 heterocycles. The molecule has 3 N–H and O–H groups in total. The summed E-state index contributed by atoms with van der Waals surface area (Å²) in [5.41, 5.74) is 6.84. The van der Waals surface area contributed by atoms with Crippen molar-refractivity contribution in [3.05, 3.63) is 24.0 Å². The monoisotopic (exact) mass is 247 g/mol. The van der Waals surface area contributed by atoms with Crippen molar-refractivity contribution in [1.29, 1.82) is 0 Å². The van der Waals surface area contributed by atoms with Gasteiger partial charge in [0.05, 0.1) is 5.69 Å². The Morgan fingerprint density at radius 2 is 2.33 bits per heavy atom. The first-order valence-corrected chi connectivity index (χ1v) is 6.49. The largest absolute Gasteiger partial charge is 0.397 e. The average Bonchev–Trinajstić information content (AvgIpc) is 2.28. The van der Waals surface area contributed by atoms with Crippen LogP contribution in [0.4, 0.5) is 5.69 Å². The maximum absolute atomic E-state index is 12.1. The molecular weight excluding hydrogens is 226 g/mol. The van der Waals surface area contributed by atoms with Crippen LogP contribution in [0.5, 0.6) is 0 Å². The molecule has 4 nitrogen and oxygen atoms in total. The Morgan fingerprint density at radius 1 is 1.56 bits per heavy atom. The number of anilines is 1. The van der Waals surface area contributed by atoms with Crippen molar-refractivity contribution in [3.8, 4) is 0 Å². The van der Waals surface area contributed by atoms with E-state index in [1.807, 2.05) is 0 Å². The molecule has 98 valence electrons. The zero-order valence-electron chi connectivity index (χ0n) is 11.1. The van der Waals surface area contributed by atoms with Crippen LogP contribution in [-0.2, 0) is 0 Å². The lowest BCUT2D eigenvalue weighted by Gasteiger charge is -2.35. The number of rotatable bonds is 2. The number of carbonyl (C=O) groups is 1. The van der Waals surface area contributed by atoms with Gasteiger partial charge in [0.25, 0.3) is 5.91 Å². The molecule has 1 unspecified atom stereocenters. The lowest BCUT2D eigenvalue weighted by Crippen LogP contribution is -2.41. The number of nitrogen functional groups attached to an aromatic ring is 1. The Bertz CT molecular complexity index is 442. The van der Waals surface area contributed by atoms with E-state index in [1.165, 1.54) is 6.42 Å². The molecule has 18 heavy (non-hydrogen) atoms. The zero-order valence-corrected chi connectivity index (χ0v) is 11.1. The Morgan fingerprint density at radius 3 is 3.00 bits per heavy atom. The van der Waals surface area contributed by atoms with Gasteiger partial charge in [-0.15, -0.1) is 0 Å². The molecule has 0 spiro atoms. The molecule has 0 aliphatic heterocycles. The zero-order chi connectivity index (χ0) is 13.2. The summed E-state index contributed by atoms with van der Waals surface area (Å²) < 4.78 is 0. The number of hydrogen-bond donors (Lipinski definition) is 2. The summed E-state index contributed by atoms with van der Waals surface area (Å²) in [6.45, 7) is 4.50. The second kappa shape index (κ2) is 4.96. The molecule has 1 fully saturated rings. The van der Waals surface area contributed by atoms with Gasteiger partial charge in [-0.3, -0.25) is 4.79 Å². The predicted octanol–water partition coefficient (Wildman–Crippen LogP) is 2.36. The van der Waals surface area contributed by atoms with E-state index in [4.69, 9.17) is 5.73 Å². The number of amides is 1. The van der Waals surface area contributed by atoms with E-state index >= 15 is 0 Å². The van der Waals surface area contributed by atoms with Crippen molar-refractivity contribution in [2.45, 2.75) is 45.6 Å². The minimum atomic E-state index is -0.157. The number of nitrogens with two attached hydrogens (primary N) is 1. The minimum absolute atomic E-state index is 0.157. The molecule has 1 aliphatic carbocycles. The molecule has 1 amide bonds. The second-order valence-corrected chi connectivity index (χ2v) is 5.87. The van der Waals surface area contributed by atoms with Crippen LogP contribution in [0.15, 0.2) is 18.3 Å². The Labute approximate surface area is 108 Å². The third-order valence-electron chi connectivity index (χ3n) is 3.59. The van der Waals surface area contributed by atoms with Gasteiger partial charge in [0.2, 0.25) is 0 Å². The summed E-state index contributed by atoms with van der Waals surface area (Å²) in [6.07, 6.45) is 6.05. The van der Waals surface area contributed by atoms with E-state index in [-0.39, 0.29) is 11.9 Å². The summed E-state index contributed by atoms with van der Waals surface area (Å²) in [4.78, 5) is 16.1. The predicted molar refractivity (Wildman–Crippen MR) is 72.2 cm³/mol. The van der Waals surface area contributed by atoms with Crippen LogP contribution >= 0.6 is 0 Å². The molecule has 2 rings (SSSR count). The van der Waals surface area contributed by atoms with Crippen LogP contribution in [0.1, 0.15) is 50.0 Å². The van der Waals surface area contributed by atoms with Crippen LogP contribution in [0.3, 0.4) is 0 Å². The molecule has 1 saturated carbocycles. The number of hydrogen-bond acceptors (Lipinski definition) is 3. The average molecular weight is 247 g/mol. The SMILES string of the molecule is CC1(C)CCCC(NC(=O)c2ncccc2N)C1. The third kappa shape index (κ3) is 3.00. The van der Waals surface area contributed by atoms with Gasteiger partial charge in [0.15, 0.2) is 5.69 Å². The summed E-state index contributed by atoms with van der Waals surface area (Å²) in [6, 6.07) is 3.67. The van der Waals surface area contributed by atoms with Crippen LogP contribution in [0, 0.1) is 5.41 Å². The highest BCUT2D eigenvalue weighted by Gasteiger charge is 2.29. The first kappa shape index (κ1) is 12.9. The lowest BCUT2D eigenvalue weighted by molar-refractivity contribution is 0.0898. The minimum Gasteiger partial charge on any atom is -0.397 e. The Kier molecular flexibility index (Phi) is 3.55. The van der Waals surface area contributed by atoms with Crippen molar-refractivity contribution in [2.24, 2.45) is 5.41 Å². The van der Waals surface area contributed by atoms with Crippen molar-refractivity contribution in [3.63, 3.8) is 0 Å². The quantitative estimate of drug-likeness (QED) is 0.843. The van der Waals surface area contributed by atoms with Gasteiger partial charge in [-0.05, 0) is 36.8 Å². The summed E-state index contributed by atoms with van der Waals surface area (Å²) in [5, 5.41) is 3.05. The van der Waals surface area contributed by atoms with Gasteiger partial charge in [0.1, 0.15) is 0 Å². The van der Waals surface area contributed by atoms with E-state index in [0.29, 0.717) is 16.8 Å². The summed E-state index contributed by atoms with van der Waals surface area (Å²) in [7, 11) is 0. The molecule has 0 saturated heterocycles. The van der Waals surface area contributed by atoms with Gasteiger partial charge >= 0.3 is 0 Å². The number of nitrogens with zero attached hydrogens (tertiary/aromatic N) is 1. The lowest BCUT2D eigenvalue weighted by atomic mass is 9.75. The molecule has 1 aromatic rings.